The largest absolute Gasteiger partial charge is 0.381 e. The van der Waals surface area contributed by atoms with E-state index in [4.69, 9.17) is 9.72 Å². The molecule has 0 spiro atoms. The summed E-state index contributed by atoms with van der Waals surface area (Å²) in [7, 11) is 0. The third kappa shape index (κ3) is 2.89. The van der Waals surface area contributed by atoms with Gasteiger partial charge in [0.25, 0.3) is 0 Å². The number of hydrogen-bond acceptors (Lipinski definition) is 3. The van der Waals surface area contributed by atoms with Crippen molar-refractivity contribution in [1.82, 2.24) is 10.3 Å². The lowest BCUT2D eigenvalue weighted by Crippen LogP contribution is -2.28. The second-order valence-corrected chi connectivity index (χ2v) is 6.45. The van der Waals surface area contributed by atoms with E-state index in [0.717, 1.165) is 32.7 Å². The summed E-state index contributed by atoms with van der Waals surface area (Å²) < 4.78 is 5.59. The number of nitrogens with one attached hydrogen (secondary N) is 1. The fourth-order valence-corrected chi connectivity index (χ4v) is 3.37. The van der Waals surface area contributed by atoms with Crippen molar-refractivity contribution in [3.63, 3.8) is 0 Å². The lowest BCUT2D eigenvalue weighted by Gasteiger charge is -2.26. The van der Waals surface area contributed by atoms with E-state index in [1.807, 2.05) is 0 Å². The predicted octanol–water partition coefficient (Wildman–Crippen LogP) is 3.18. The fraction of sp³-hybridized carbons (Fsp3) is 0.706. The van der Waals surface area contributed by atoms with E-state index in [9.17, 15) is 0 Å². The monoisotopic (exact) mass is 274 g/mol. The second kappa shape index (κ2) is 6.23. The number of rotatable bonds is 3. The molecule has 0 aliphatic carbocycles. The average molecular weight is 274 g/mol. The summed E-state index contributed by atoms with van der Waals surface area (Å²) >= 11 is 0. The van der Waals surface area contributed by atoms with Crippen molar-refractivity contribution in [3.05, 3.63) is 29.1 Å². The van der Waals surface area contributed by atoms with E-state index in [1.165, 1.54) is 29.8 Å². The zero-order valence-electron chi connectivity index (χ0n) is 12.7. The summed E-state index contributed by atoms with van der Waals surface area (Å²) in [6, 6.07) is 4.56. The molecule has 0 unspecified atom stereocenters. The standard InChI is InChI=1S/C17H26N2O/c1-12(2)16-4-3-15(14-7-10-20-11-14)17(19-16)13-5-8-18-9-6-13/h3-4,12-14,18H,5-11H2,1-2H3/t14-/m0/s1. The molecule has 0 amide bonds. The van der Waals surface area contributed by atoms with E-state index < -0.39 is 0 Å². The Bertz CT molecular complexity index is 446. The molecule has 0 aromatic carbocycles. The number of pyridine rings is 1. The molecule has 3 heterocycles. The van der Waals surface area contributed by atoms with E-state index >= 15 is 0 Å². The Morgan fingerprint density at radius 3 is 2.60 bits per heavy atom. The number of piperidine rings is 1. The first-order valence-corrected chi connectivity index (χ1v) is 8.05. The third-order valence-corrected chi connectivity index (χ3v) is 4.67. The Kier molecular flexibility index (Phi) is 4.37. The quantitative estimate of drug-likeness (QED) is 0.919. The van der Waals surface area contributed by atoms with Crippen LogP contribution in [-0.4, -0.2) is 31.3 Å². The molecular weight excluding hydrogens is 248 g/mol. The van der Waals surface area contributed by atoms with Gasteiger partial charge in [0.2, 0.25) is 0 Å². The van der Waals surface area contributed by atoms with Crippen LogP contribution in [0, 0.1) is 0 Å². The minimum absolute atomic E-state index is 0.504. The van der Waals surface area contributed by atoms with Crippen molar-refractivity contribution in [2.75, 3.05) is 26.3 Å². The lowest BCUT2D eigenvalue weighted by atomic mass is 9.85. The van der Waals surface area contributed by atoms with Crippen molar-refractivity contribution in [2.45, 2.75) is 50.9 Å². The first kappa shape index (κ1) is 14.0. The van der Waals surface area contributed by atoms with E-state index in [-0.39, 0.29) is 0 Å². The average Bonchev–Trinajstić information content (AvgIpc) is 3.01. The van der Waals surface area contributed by atoms with Gasteiger partial charge in [0.1, 0.15) is 0 Å². The van der Waals surface area contributed by atoms with Gasteiger partial charge >= 0.3 is 0 Å². The van der Waals surface area contributed by atoms with E-state index in [1.54, 1.807) is 0 Å². The smallest absolute Gasteiger partial charge is 0.0536 e. The van der Waals surface area contributed by atoms with Crippen molar-refractivity contribution in [3.8, 4) is 0 Å². The predicted molar refractivity (Wildman–Crippen MR) is 81.3 cm³/mol. The highest BCUT2D eigenvalue weighted by Gasteiger charge is 2.26. The molecular formula is C17H26N2O. The first-order chi connectivity index (χ1) is 9.75. The maximum Gasteiger partial charge on any atom is 0.0536 e. The maximum atomic E-state index is 5.59. The number of aromatic nitrogens is 1. The summed E-state index contributed by atoms with van der Waals surface area (Å²) in [4.78, 5) is 5.06. The van der Waals surface area contributed by atoms with Gasteiger partial charge in [0.15, 0.2) is 0 Å². The lowest BCUT2D eigenvalue weighted by molar-refractivity contribution is 0.193. The molecule has 1 aromatic heterocycles. The van der Waals surface area contributed by atoms with Crippen LogP contribution in [0.25, 0.3) is 0 Å². The molecule has 0 radical (unpaired) electrons. The van der Waals surface area contributed by atoms with Gasteiger partial charge in [-0.3, -0.25) is 4.98 Å². The molecule has 3 nitrogen and oxygen atoms in total. The normalized spacial score (nSPS) is 24.4. The molecule has 0 saturated carbocycles. The molecule has 3 heteroatoms. The van der Waals surface area contributed by atoms with Crippen LogP contribution in [0.5, 0.6) is 0 Å². The van der Waals surface area contributed by atoms with Gasteiger partial charge in [-0.2, -0.15) is 0 Å². The molecule has 20 heavy (non-hydrogen) atoms. The van der Waals surface area contributed by atoms with E-state index in [0.29, 0.717) is 17.8 Å². The molecule has 2 aliphatic heterocycles. The third-order valence-electron chi connectivity index (χ3n) is 4.67. The molecule has 2 aliphatic rings. The topological polar surface area (TPSA) is 34.1 Å². The van der Waals surface area contributed by atoms with Gasteiger partial charge in [-0.1, -0.05) is 19.9 Å². The van der Waals surface area contributed by atoms with Gasteiger partial charge < -0.3 is 10.1 Å². The highest BCUT2D eigenvalue weighted by atomic mass is 16.5. The van der Waals surface area contributed by atoms with Gasteiger partial charge in [-0.15, -0.1) is 0 Å². The SMILES string of the molecule is CC(C)c1ccc([C@H]2CCOC2)c(C2CCNCC2)n1. The Morgan fingerprint density at radius 1 is 1.15 bits per heavy atom. The molecule has 0 bridgehead atoms. The molecule has 3 rings (SSSR count). The highest BCUT2D eigenvalue weighted by Crippen LogP contribution is 2.35. The molecule has 1 N–H and O–H groups in total. The summed E-state index contributed by atoms with van der Waals surface area (Å²) in [6.07, 6.45) is 3.59. The summed E-state index contributed by atoms with van der Waals surface area (Å²) in [5.74, 6) is 1.70. The van der Waals surface area contributed by atoms with Crippen LogP contribution in [0.4, 0.5) is 0 Å². The van der Waals surface area contributed by atoms with Crippen molar-refractivity contribution < 1.29 is 4.74 Å². The summed E-state index contributed by atoms with van der Waals surface area (Å²) in [5, 5.41) is 3.46. The number of hydrogen-bond donors (Lipinski definition) is 1. The van der Waals surface area contributed by atoms with Gasteiger partial charge in [0, 0.05) is 29.8 Å². The minimum atomic E-state index is 0.504. The second-order valence-electron chi connectivity index (χ2n) is 6.45. The Morgan fingerprint density at radius 2 is 1.95 bits per heavy atom. The Labute approximate surface area is 122 Å². The van der Waals surface area contributed by atoms with Gasteiger partial charge in [-0.05, 0) is 49.9 Å². The molecule has 2 fully saturated rings. The van der Waals surface area contributed by atoms with Crippen LogP contribution < -0.4 is 5.32 Å². The Balaban J connectivity index is 1.94. The Hall–Kier alpha value is -0.930. The van der Waals surface area contributed by atoms with Crippen molar-refractivity contribution in [1.29, 1.82) is 0 Å². The van der Waals surface area contributed by atoms with E-state index in [2.05, 4.69) is 31.3 Å². The summed E-state index contributed by atoms with van der Waals surface area (Å²) in [6.45, 7) is 8.49. The first-order valence-electron chi connectivity index (χ1n) is 8.05. The van der Waals surface area contributed by atoms with Crippen LogP contribution in [0.3, 0.4) is 0 Å². The van der Waals surface area contributed by atoms with Crippen LogP contribution in [0.15, 0.2) is 12.1 Å². The van der Waals surface area contributed by atoms with Crippen LogP contribution >= 0.6 is 0 Å². The molecule has 110 valence electrons. The fourth-order valence-electron chi connectivity index (χ4n) is 3.37. The van der Waals surface area contributed by atoms with Crippen LogP contribution in [-0.2, 0) is 4.74 Å². The minimum Gasteiger partial charge on any atom is -0.381 e. The highest BCUT2D eigenvalue weighted by molar-refractivity contribution is 5.31. The van der Waals surface area contributed by atoms with Crippen LogP contribution in [0.1, 0.15) is 67.8 Å². The number of nitrogens with zero attached hydrogens (tertiary/aromatic N) is 1. The molecule has 2 saturated heterocycles. The molecule has 1 atom stereocenters. The zero-order chi connectivity index (χ0) is 13.9. The maximum absolute atomic E-state index is 5.59. The zero-order valence-corrected chi connectivity index (χ0v) is 12.7. The van der Waals surface area contributed by atoms with Gasteiger partial charge in [-0.25, -0.2) is 0 Å². The molecule has 1 aromatic rings. The van der Waals surface area contributed by atoms with Crippen LogP contribution in [0.2, 0.25) is 0 Å². The van der Waals surface area contributed by atoms with Gasteiger partial charge in [0.05, 0.1) is 6.61 Å². The summed E-state index contributed by atoms with van der Waals surface area (Å²) in [5.41, 5.74) is 4.06. The number of ether oxygens (including phenoxy) is 1. The van der Waals surface area contributed by atoms with Crippen molar-refractivity contribution in [2.24, 2.45) is 0 Å². The van der Waals surface area contributed by atoms with Crippen molar-refractivity contribution >= 4 is 0 Å².